The van der Waals surface area contributed by atoms with E-state index in [1.54, 1.807) is 0 Å². The smallest absolute Gasteiger partial charge is 0.0658 e. The highest BCUT2D eigenvalue weighted by atomic mass is 14.7. The molecule has 0 bridgehead atoms. The monoisotopic (exact) mass is 187 g/mol. The molecule has 0 aliphatic heterocycles. The Labute approximate surface area is 85.9 Å². The fraction of sp³-hybridized carbons (Fsp3) is 0.462. The summed E-state index contributed by atoms with van der Waals surface area (Å²) in [6, 6.07) is 6.06. The van der Waals surface area contributed by atoms with E-state index in [-0.39, 0.29) is 0 Å². The fourth-order valence-electron chi connectivity index (χ4n) is 2.21. The third-order valence-corrected chi connectivity index (χ3v) is 3.09. The van der Waals surface area contributed by atoms with E-state index < -0.39 is 0 Å². The lowest BCUT2D eigenvalue weighted by molar-refractivity contribution is 0.429. The van der Waals surface area contributed by atoms with Crippen LogP contribution in [0.3, 0.4) is 0 Å². The van der Waals surface area contributed by atoms with E-state index in [0.29, 0.717) is 5.92 Å². The summed E-state index contributed by atoms with van der Waals surface area (Å²) in [6.45, 7) is 4.19. The van der Waals surface area contributed by atoms with Crippen LogP contribution < -0.4 is 0 Å². The molecule has 1 saturated carbocycles. The van der Waals surface area contributed by atoms with Crippen LogP contribution in [0.2, 0.25) is 0 Å². The molecule has 1 aliphatic rings. The van der Waals surface area contributed by atoms with E-state index >= 15 is 0 Å². The molecule has 0 amide bonds. The Bertz CT molecular complexity index is 296. The minimum Gasteiger partial charge on any atom is -0.257 e. The van der Waals surface area contributed by atoms with Gasteiger partial charge < -0.3 is 0 Å². The van der Waals surface area contributed by atoms with Gasteiger partial charge in [0.2, 0.25) is 0 Å². The van der Waals surface area contributed by atoms with Crippen LogP contribution in [0.1, 0.15) is 37.8 Å². The summed E-state index contributed by atoms with van der Waals surface area (Å²) in [5, 5.41) is 0. The highest BCUT2D eigenvalue weighted by Gasteiger charge is 2.17. The van der Waals surface area contributed by atoms with Gasteiger partial charge in [0.15, 0.2) is 0 Å². The Balaban J connectivity index is 2.07. The zero-order valence-electron chi connectivity index (χ0n) is 8.58. The van der Waals surface area contributed by atoms with Gasteiger partial charge in [0.25, 0.3) is 0 Å². The van der Waals surface area contributed by atoms with E-state index in [1.807, 2.05) is 18.3 Å². The molecule has 1 nitrogen and oxygen atoms in total. The summed E-state index contributed by atoms with van der Waals surface area (Å²) in [4.78, 5) is 4.35. The first kappa shape index (κ1) is 9.45. The summed E-state index contributed by atoms with van der Waals surface area (Å²) >= 11 is 0. The van der Waals surface area contributed by atoms with Crippen molar-refractivity contribution in [1.29, 1.82) is 0 Å². The van der Waals surface area contributed by atoms with Crippen molar-refractivity contribution < 1.29 is 0 Å². The summed E-state index contributed by atoms with van der Waals surface area (Å²) in [5.41, 5.74) is 2.32. The SMILES string of the molecule is C=C(c1ccccn1)C1CCCCC1. The van der Waals surface area contributed by atoms with Crippen LogP contribution in [0.25, 0.3) is 5.57 Å². The highest BCUT2D eigenvalue weighted by molar-refractivity contribution is 5.61. The summed E-state index contributed by atoms with van der Waals surface area (Å²) < 4.78 is 0. The van der Waals surface area contributed by atoms with Crippen molar-refractivity contribution in [3.63, 3.8) is 0 Å². The van der Waals surface area contributed by atoms with Crippen LogP contribution in [0, 0.1) is 5.92 Å². The van der Waals surface area contributed by atoms with Crippen molar-refractivity contribution in [2.45, 2.75) is 32.1 Å². The predicted molar refractivity (Wildman–Crippen MR) is 59.8 cm³/mol. The lowest BCUT2D eigenvalue weighted by Crippen LogP contribution is -2.08. The van der Waals surface area contributed by atoms with Gasteiger partial charge in [0.05, 0.1) is 5.69 Å². The molecule has 0 atom stereocenters. The molecular formula is C13H17N. The molecule has 0 radical (unpaired) electrons. The molecule has 1 aromatic rings. The number of nitrogens with zero attached hydrogens (tertiary/aromatic N) is 1. The van der Waals surface area contributed by atoms with Gasteiger partial charge in [0, 0.05) is 6.20 Å². The zero-order valence-corrected chi connectivity index (χ0v) is 8.58. The number of hydrogen-bond acceptors (Lipinski definition) is 1. The quantitative estimate of drug-likeness (QED) is 0.688. The molecule has 14 heavy (non-hydrogen) atoms. The van der Waals surface area contributed by atoms with Crippen molar-refractivity contribution in [2.24, 2.45) is 5.92 Å². The van der Waals surface area contributed by atoms with Crippen LogP contribution >= 0.6 is 0 Å². The summed E-state index contributed by atoms with van der Waals surface area (Å²) in [7, 11) is 0. The molecule has 1 aromatic heterocycles. The van der Waals surface area contributed by atoms with E-state index in [1.165, 1.54) is 37.7 Å². The normalized spacial score (nSPS) is 18.0. The molecule has 1 fully saturated rings. The van der Waals surface area contributed by atoms with Crippen molar-refractivity contribution >= 4 is 5.57 Å². The van der Waals surface area contributed by atoms with Crippen LogP contribution in [0.15, 0.2) is 31.0 Å². The Morgan fingerprint density at radius 2 is 2.00 bits per heavy atom. The number of pyridine rings is 1. The number of hydrogen-bond donors (Lipinski definition) is 0. The van der Waals surface area contributed by atoms with Gasteiger partial charge >= 0.3 is 0 Å². The molecule has 0 N–H and O–H groups in total. The molecular weight excluding hydrogens is 170 g/mol. The van der Waals surface area contributed by atoms with Gasteiger partial charge in [-0.05, 0) is 36.5 Å². The average Bonchev–Trinajstić information content (AvgIpc) is 2.30. The first-order chi connectivity index (χ1) is 6.88. The zero-order chi connectivity index (χ0) is 9.80. The van der Waals surface area contributed by atoms with Gasteiger partial charge in [-0.3, -0.25) is 4.98 Å². The molecule has 0 saturated heterocycles. The number of rotatable bonds is 2. The van der Waals surface area contributed by atoms with Gasteiger partial charge in [-0.25, -0.2) is 0 Å². The molecule has 0 spiro atoms. The van der Waals surface area contributed by atoms with E-state index in [2.05, 4.69) is 17.6 Å². The maximum Gasteiger partial charge on any atom is 0.0658 e. The Morgan fingerprint density at radius 1 is 1.21 bits per heavy atom. The second kappa shape index (κ2) is 4.41. The van der Waals surface area contributed by atoms with Crippen LogP contribution in [-0.4, -0.2) is 4.98 Å². The van der Waals surface area contributed by atoms with Crippen LogP contribution in [-0.2, 0) is 0 Å². The highest BCUT2D eigenvalue weighted by Crippen LogP contribution is 2.33. The van der Waals surface area contributed by atoms with E-state index in [4.69, 9.17) is 0 Å². The number of allylic oxidation sites excluding steroid dienone is 1. The second-order valence-corrected chi connectivity index (χ2v) is 4.08. The summed E-state index contributed by atoms with van der Waals surface area (Å²) in [6.07, 6.45) is 8.56. The molecule has 0 aromatic carbocycles. The third kappa shape index (κ3) is 2.03. The molecule has 74 valence electrons. The molecule has 0 unspecified atom stereocenters. The van der Waals surface area contributed by atoms with Gasteiger partial charge in [-0.1, -0.05) is 31.9 Å². The van der Waals surface area contributed by atoms with Crippen molar-refractivity contribution in [3.05, 3.63) is 36.7 Å². The van der Waals surface area contributed by atoms with E-state index in [9.17, 15) is 0 Å². The van der Waals surface area contributed by atoms with Crippen molar-refractivity contribution in [3.8, 4) is 0 Å². The lowest BCUT2D eigenvalue weighted by Gasteiger charge is -2.23. The van der Waals surface area contributed by atoms with Crippen molar-refractivity contribution in [1.82, 2.24) is 4.98 Å². The molecule has 2 rings (SSSR count). The maximum atomic E-state index is 4.35. The Kier molecular flexibility index (Phi) is 2.97. The first-order valence-corrected chi connectivity index (χ1v) is 5.48. The van der Waals surface area contributed by atoms with Crippen LogP contribution in [0.4, 0.5) is 0 Å². The molecule has 1 aliphatic carbocycles. The fourth-order valence-corrected chi connectivity index (χ4v) is 2.21. The standard InChI is InChI=1S/C13H17N/c1-11(12-7-3-2-4-8-12)13-9-5-6-10-14-13/h5-6,9-10,12H,1-4,7-8H2. The maximum absolute atomic E-state index is 4.35. The average molecular weight is 187 g/mol. The van der Waals surface area contributed by atoms with Crippen LogP contribution in [0.5, 0.6) is 0 Å². The Morgan fingerprint density at radius 3 is 2.64 bits per heavy atom. The van der Waals surface area contributed by atoms with Crippen molar-refractivity contribution in [2.75, 3.05) is 0 Å². The second-order valence-electron chi connectivity index (χ2n) is 4.08. The first-order valence-electron chi connectivity index (χ1n) is 5.48. The third-order valence-electron chi connectivity index (χ3n) is 3.09. The topological polar surface area (TPSA) is 12.9 Å². The molecule has 1 heteroatoms. The van der Waals surface area contributed by atoms with Gasteiger partial charge in [0.1, 0.15) is 0 Å². The minimum atomic E-state index is 0.679. The van der Waals surface area contributed by atoms with E-state index in [0.717, 1.165) is 5.69 Å². The largest absolute Gasteiger partial charge is 0.257 e. The summed E-state index contributed by atoms with van der Waals surface area (Å²) in [5.74, 6) is 0.679. The Hall–Kier alpha value is -1.11. The predicted octanol–water partition coefficient (Wildman–Crippen LogP) is 3.68. The minimum absolute atomic E-state index is 0.679. The number of aromatic nitrogens is 1. The van der Waals surface area contributed by atoms with Gasteiger partial charge in [-0.15, -0.1) is 0 Å². The molecule has 1 heterocycles. The lowest BCUT2D eigenvalue weighted by atomic mass is 9.83. The van der Waals surface area contributed by atoms with Gasteiger partial charge in [-0.2, -0.15) is 0 Å².